The number of guanidine groups is 1. The van der Waals surface area contributed by atoms with Crippen LogP contribution in [0, 0.1) is 11.7 Å². The Bertz CT molecular complexity index is 825. The van der Waals surface area contributed by atoms with Crippen LogP contribution in [-0.2, 0) is 16.0 Å². The molecule has 2 aromatic carbocycles. The first-order valence-electron chi connectivity index (χ1n) is 10.9. The van der Waals surface area contributed by atoms with Crippen molar-refractivity contribution in [2.45, 2.75) is 26.3 Å². The van der Waals surface area contributed by atoms with E-state index in [1.807, 2.05) is 31.2 Å². The zero-order chi connectivity index (χ0) is 21.7. The third-order valence-corrected chi connectivity index (χ3v) is 4.92. The Morgan fingerprint density at radius 2 is 1.94 bits per heavy atom. The van der Waals surface area contributed by atoms with E-state index in [1.54, 1.807) is 18.2 Å². The Hall–Kier alpha value is -2.64. The summed E-state index contributed by atoms with van der Waals surface area (Å²) in [7, 11) is 0. The van der Waals surface area contributed by atoms with E-state index >= 15 is 0 Å². The van der Waals surface area contributed by atoms with Crippen LogP contribution in [0.25, 0.3) is 0 Å². The van der Waals surface area contributed by atoms with Gasteiger partial charge in [-0.15, -0.1) is 0 Å². The molecule has 1 aliphatic heterocycles. The molecule has 3 rings (SSSR count). The smallest absolute Gasteiger partial charge is 0.191 e. The number of nitrogens with one attached hydrogen (secondary N) is 2. The van der Waals surface area contributed by atoms with Gasteiger partial charge in [-0.25, -0.2) is 9.38 Å². The first-order chi connectivity index (χ1) is 15.3. The largest absolute Gasteiger partial charge is 0.454 e. The van der Waals surface area contributed by atoms with E-state index < -0.39 is 5.82 Å². The summed E-state index contributed by atoms with van der Waals surface area (Å²) in [4.78, 5) is 4.65. The van der Waals surface area contributed by atoms with Gasteiger partial charge in [-0.05, 0) is 38.0 Å². The van der Waals surface area contributed by atoms with Gasteiger partial charge in [0.05, 0.1) is 19.8 Å². The first kappa shape index (κ1) is 23.0. The Morgan fingerprint density at radius 3 is 2.71 bits per heavy atom. The molecule has 0 aromatic heterocycles. The second-order valence-electron chi connectivity index (χ2n) is 7.42. The van der Waals surface area contributed by atoms with Crippen LogP contribution in [0.1, 0.15) is 25.3 Å². The highest BCUT2D eigenvalue weighted by atomic mass is 19.1. The molecule has 0 radical (unpaired) electrons. The topological polar surface area (TPSA) is 64.1 Å². The fraction of sp³-hybridized carbons (Fsp3) is 0.458. The van der Waals surface area contributed by atoms with Crippen LogP contribution in [0.5, 0.6) is 11.5 Å². The van der Waals surface area contributed by atoms with Crippen LogP contribution < -0.4 is 15.4 Å². The highest BCUT2D eigenvalue weighted by molar-refractivity contribution is 5.79. The Labute approximate surface area is 183 Å². The Balaban J connectivity index is 1.48. The maximum atomic E-state index is 13.9. The van der Waals surface area contributed by atoms with Gasteiger partial charge in [0.25, 0.3) is 0 Å². The number of halogens is 1. The molecule has 0 bridgehead atoms. The van der Waals surface area contributed by atoms with Crippen LogP contribution in [0.3, 0.4) is 0 Å². The summed E-state index contributed by atoms with van der Waals surface area (Å²) in [6.45, 7) is 7.12. The van der Waals surface area contributed by atoms with Crippen molar-refractivity contribution in [3.63, 3.8) is 0 Å². The van der Waals surface area contributed by atoms with Gasteiger partial charge < -0.3 is 24.8 Å². The van der Waals surface area contributed by atoms with Gasteiger partial charge in [-0.1, -0.05) is 30.3 Å². The molecule has 2 N–H and O–H groups in total. The summed E-state index contributed by atoms with van der Waals surface area (Å²) in [6, 6.07) is 13.9. The second-order valence-corrected chi connectivity index (χ2v) is 7.42. The lowest BCUT2D eigenvalue weighted by Crippen LogP contribution is -2.38. The maximum absolute atomic E-state index is 13.9. The lowest BCUT2D eigenvalue weighted by atomic mass is 10.1. The summed E-state index contributed by atoms with van der Waals surface area (Å²) in [5.41, 5.74) is 0.880. The van der Waals surface area contributed by atoms with E-state index in [2.05, 4.69) is 15.6 Å². The zero-order valence-corrected chi connectivity index (χ0v) is 18.1. The molecule has 0 aliphatic carbocycles. The second kappa shape index (κ2) is 12.9. The number of aliphatic imine (C=N–C) groups is 1. The molecular formula is C24H32FN3O3. The Morgan fingerprint density at radius 1 is 1.13 bits per heavy atom. The summed E-state index contributed by atoms with van der Waals surface area (Å²) in [5.74, 6) is 1.67. The number of rotatable bonds is 11. The van der Waals surface area contributed by atoms with Gasteiger partial charge in [0.15, 0.2) is 17.5 Å². The number of hydrogen-bond acceptors (Lipinski definition) is 4. The average Bonchev–Trinajstić information content (AvgIpc) is 3.30. The van der Waals surface area contributed by atoms with Gasteiger partial charge in [0, 0.05) is 37.8 Å². The van der Waals surface area contributed by atoms with E-state index in [1.165, 1.54) is 6.07 Å². The van der Waals surface area contributed by atoms with Crippen LogP contribution in [0.15, 0.2) is 53.5 Å². The molecule has 168 valence electrons. The monoisotopic (exact) mass is 429 g/mol. The predicted octanol–water partition coefficient (Wildman–Crippen LogP) is 4.12. The molecule has 1 aliphatic rings. The molecule has 1 unspecified atom stereocenters. The van der Waals surface area contributed by atoms with Crippen molar-refractivity contribution in [2.75, 3.05) is 39.5 Å². The highest BCUT2D eigenvalue weighted by Crippen LogP contribution is 2.27. The van der Waals surface area contributed by atoms with Crippen molar-refractivity contribution in [3.05, 3.63) is 59.9 Å². The normalized spacial score (nSPS) is 16.3. The van der Waals surface area contributed by atoms with E-state index in [9.17, 15) is 4.39 Å². The zero-order valence-electron chi connectivity index (χ0n) is 18.1. The summed E-state index contributed by atoms with van der Waals surface area (Å²) >= 11 is 0. The maximum Gasteiger partial charge on any atom is 0.191 e. The van der Waals surface area contributed by atoms with Crippen LogP contribution >= 0.6 is 0 Å². The van der Waals surface area contributed by atoms with Crippen LogP contribution in [0.2, 0.25) is 0 Å². The SMILES string of the molecule is CCNC(=NCc1ccccc1Oc1ccccc1F)NCCCOCC1CCOC1. The van der Waals surface area contributed by atoms with Gasteiger partial charge >= 0.3 is 0 Å². The molecule has 2 aromatic rings. The molecule has 0 spiro atoms. The van der Waals surface area contributed by atoms with E-state index in [0.717, 1.165) is 57.3 Å². The lowest BCUT2D eigenvalue weighted by Gasteiger charge is -2.13. The number of hydrogen-bond donors (Lipinski definition) is 2. The van der Waals surface area contributed by atoms with Crippen molar-refractivity contribution in [2.24, 2.45) is 10.9 Å². The molecule has 6 nitrogen and oxygen atoms in total. The van der Waals surface area contributed by atoms with Crippen molar-refractivity contribution >= 4 is 5.96 Å². The standard InChI is InChI=1S/C24H32FN3O3/c1-2-26-24(27-13-7-14-29-17-19-12-15-30-18-19)28-16-20-8-3-5-10-22(20)31-23-11-6-4-9-21(23)25/h3-6,8-11,19H,2,7,12-18H2,1H3,(H2,26,27,28). The number of nitrogens with zero attached hydrogens (tertiary/aromatic N) is 1. The van der Waals surface area contributed by atoms with E-state index in [-0.39, 0.29) is 5.75 Å². The summed E-state index contributed by atoms with van der Waals surface area (Å²) in [6.07, 6.45) is 1.99. The number of para-hydroxylation sites is 2. The molecule has 1 heterocycles. The van der Waals surface area contributed by atoms with Crippen molar-refractivity contribution in [1.29, 1.82) is 0 Å². The van der Waals surface area contributed by atoms with Crippen molar-refractivity contribution < 1.29 is 18.6 Å². The van der Waals surface area contributed by atoms with Crippen molar-refractivity contribution in [1.82, 2.24) is 10.6 Å². The summed E-state index contributed by atoms with van der Waals surface area (Å²) in [5, 5.41) is 6.58. The predicted molar refractivity (Wildman–Crippen MR) is 120 cm³/mol. The molecule has 1 fully saturated rings. The number of benzene rings is 2. The molecule has 31 heavy (non-hydrogen) atoms. The molecule has 1 atom stereocenters. The van der Waals surface area contributed by atoms with E-state index in [4.69, 9.17) is 14.2 Å². The average molecular weight is 430 g/mol. The quantitative estimate of drug-likeness (QED) is 0.320. The lowest BCUT2D eigenvalue weighted by molar-refractivity contribution is 0.0888. The van der Waals surface area contributed by atoms with Gasteiger partial charge in [-0.2, -0.15) is 0 Å². The number of ether oxygens (including phenoxy) is 3. The minimum atomic E-state index is -0.390. The third kappa shape index (κ3) is 7.84. The summed E-state index contributed by atoms with van der Waals surface area (Å²) < 4.78 is 30.8. The third-order valence-electron chi connectivity index (χ3n) is 4.92. The minimum absolute atomic E-state index is 0.202. The molecule has 0 saturated carbocycles. The molecule has 7 heteroatoms. The molecule has 0 amide bonds. The molecule has 1 saturated heterocycles. The van der Waals surface area contributed by atoms with Gasteiger partial charge in [0.1, 0.15) is 5.75 Å². The van der Waals surface area contributed by atoms with Crippen molar-refractivity contribution in [3.8, 4) is 11.5 Å². The minimum Gasteiger partial charge on any atom is -0.454 e. The van der Waals surface area contributed by atoms with E-state index in [0.29, 0.717) is 24.8 Å². The highest BCUT2D eigenvalue weighted by Gasteiger charge is 2.15. The fourth-order valence-corrected chi connectivity index (χ4v) is 3.23. The van der Waals surface area contributed by atoms with Crippen LogP contribution in [0.4, 0.5) is 4.39 Å². The van der Waals surface area contributed by atoms with Crippen LogP contribution in [-0.4, -0.2) is 45.5 Å². The fourth-order valence-electron chi connectivity index (χ4n) is 3.23. The molecular weight excluding hydrogens is 397 g/mol. The van der Waals surface area contributed by atoms with Gasteiger partial charge in [-0.3, -0.25) is 0 Å². The van der Waals surface area contributed by atoms with Gasteiger partial charge in [0.2, 0.25) is 0 Å². The Kier molecular flexibility index (Phi) is 9.60. The first-order valence-corrected chi connectivity index (χ1v) is 10.9.